The molecule has 0 spiro atoms. The molecule has 0 amide bonds. The Kier molecular flexibility index (Phi) is 2.46. The van der Waals surface area contributed by atoms with Gasteiger partial charge in [0.05, 0.1) is 5.92 Å². The second kappa shape index (κ2) is 3.99. The Labute approximate surface area is 100 Å². The first-order valence-electron chi connectivity index (χ1n) is 6.16. The number of aryl methyl sites for hydroxylation is 1. The third-order valence-electron chi connectivity index (χ3n) is 3.96. The summed E-state index contributed by atoms with van der Waals surface area (Å²) < 4.78 is 0. The van der Waals surface area contributed by atoms with Crippen molar-refractivity contribution >= 4 is 11.7 Å². The quantitative estimate of drug-likeness (QED) is 0.731. The van der Waals surface area contributed by atoms with Crippen LogP contribution in [0.5, 0.6) is 0 Å². The molecule has 0 fully saturated rings. The van der Waals surface area contributed by atoms with Gasteiger partial charge < -0.3 is 5.11 Å². The zero-order chi connectivity index (χ0) is 11.8. The predicted molar refractivity (Wildman–Crippen MR) is 64.1 cm³/mol. The van der Waals surface area contributed by atoms with Gasteiger partial charge >= 0.3 is 5.97 Å². The molecule has 0 aromatic heterocycles. The number of hydrogen-bond donors (Lipinski definition) is 2. The third-order valence-corrected chi connectivity index (χ3v) is 3.96. The molecule has 1 unspecified atom stereocenters. The Hall–Kier alpha value is -1.64. The van der Waals surface area contributed by atoms with E-state index in [0.29, 0.717) is 12.5 Å². The Morgan fingerprint density at radius 2 is 2.12 bits per heavy atom. The van der Waals surface area contributed by atoms with Gasteiger partial charge in [-0.25, -0.2) is 4.99 Å². The summed E-state index contributed by atoms with van der Waals surface area (Å²) in [5, 5.41) is 9.13. The second-order valence-electron chi connectivity index (χ2n) is 4.93. The standard InChI is InChI=1S/C14H15NO2/c16-14(17)10-7-12-11-4-2-1-3-9(11)5-6-13(12)15-8-10/h1-4,10,12H,5-8H2,(H,16,17)/p+1/t10-,12?/m1/s1. The zero-order valence-corrected chi connectivity index (χ0v) is 9.65. The van der Waals surface area contributed by atoms with Gasteiger partial charge in [0, 0.05) is 6.42 Å². The number of nitrogens with one attached hydrogen (secondary N) is 1. The highest BCUT2D eigenvalue weighted by molar-refractivity contribution is 5.89. The zero-order valence-electron chi connectivity index (χ0n) is 9.65. The van der Waals surface area contributed by atoms with Crippen LogP contribution in [-0.2, 0) is 11.2 Å². The van der Waals surface area contributed by atoms with Gasteiger partial charge in [0.25, 0.3) is 0 Å². The molecule has 3 rings (SSSR count). The summed E-state index contributed by atoms with van der Waals surface area (Å²) in [7, 11) is 0. The summed E-state index contributed by atoms with van der Waals surface area (Å²) in [5.74, 6) is -0.635. The second-order valence-corrected chi connectivity index (χ2v) is 4.93. The molecule has 0 bridgehead atoms. The number of hydrogen-bond acceptors (Lipinski definition) is 1. The minimum absolute atomic E-state index is 0.255. The van der Waals surface area contributed by atoms with E-state index >= 15 is 0 Å². The molecule has 1 aliphatic heterocycles. The van der Waals surface area contributed by atoms with E-state index in [1.54, 1.807) is 0 Å². The lowest BCUT2D eigenvalue weighted by Crippen LogP contribution is -2.79. The minimum atomic E-state index is -0.681. The fourth-order valence-corrected chi connectivity index (χ4v) is 3.02. The normalized spacial score (nSPS) is 26.7. The summed E-state index contributed by atoms with van der Waals surface area (Å²) in [4.78, 5) is 14.4. The summed E-state index contributed by atoms with van der Waals surface area (Å²) in [6, 6.07) is 8.42. The largest absolute Gasteiger partial charge is 0.481 e. The molecule has 3 nitrogen and oxygen atoms in total. The van der Waals surface area contributed by atoms with E-state index in [4.69, 9.17) is 5.11 Å². The van der Waals surface area contributed by atoms with Crippen molar-refractivity contribution in [3.63, 3.8) is 0 Å². The maximum absolute atomic E-state index is 11.1. The highest BCUT2D eigenvalue weighted by Crippen LogP contribution is 2.33. The van der Waals surface area contributed by atoms with E-state index in [2.05, 4.69) is 23.2 Å². The van der Waals surface area contributed by atoms with E-state index in [1.807, 2.05) is 6.07 Å². The number of carboxylic acid groups (broad SMARTS) is 1. The third kappa shape index (κ3) is 1.75. The summed E-state index contributed by atoms with van der Waals surface area (Å²) in [6.07, 6.45) is 2.87. The van der Waals surface area contributed by atoms with E-state index in [-0.39, 0.29) is 5.92 Å². The number of fused-ring (bicyclic) bond motifs is 3. The SMILES string of the molecule is O=C(O)[C@H]1C[NH+]=C2CCc3ccccc3C2C1. The number of rotatable bonds is 1. The van der Waals surface area contributed by atoms with Crippen LogP contribution in [0.2, 0.25) is 0 Å². The van der Waals surface area contributed by atoms with Crippen molar-refractivity contribution in [3.05, 3.63) is 35.4 Å². The van der Waals surface area contributed by atoms with Crippen molar-refractivity contribution in [2.45, 2.75) is 25.2 Å². The van der Waals surface area contributed by atoms with Gasteiger partial charge in [-0.15, -0.1) is 0 Å². The molecule has 1 aromatic carbocycles. The molecule has 17 heavy (non-hydrogen) atoms. The van der Waals surface area contributed by atoms with Gasteiger partial charge in [-0.05, 0) is 24.0 Å². The molecule has 2 atom stereocenters. The smallest absolute Gasteiger partial charge is 0.312 e. The molecule has 2 aliphatic rings. The molecular formula is C14H16NO2+. The first-order valence-corrected chi connectivity index (χ1v) is 6.16. The summed E-state index contributed by atoms with van der Waals surface area (Å²) in [6.45, 7) is 0.587. The highest BCUT2D eigenvalue weighted by Gasteiger charge is 2.38. The van der Waals surface area contributed by atoms with Crippen molar-refractivity contribution in [2.75, 3.05) is 6.54 Å². The van der Waals surface area contributed by atoms with E-state index in [9.17, 15) is 4.79 Å². The molecule has 2 N–H and O–H groups in total. The van der Waals surface area contributed by atoms with Crippen molar-refractivity contribution in [2.24, 2.45) is 5.92 Å². The van der Waals surface area contributed by atoms with Gasteiger partial charge in [-0.1, -0.05) is 24.3 Å². The topological polar surface area (TPSA) is 51.3 Å². The van der Waals surface area contributed by atoms with Crippen molar-refractivity contribution in [3.8, 4) is 0 Å². The fraction of sp³-hybridized carbons (Fsp3) is 0.429. The number of carbonyl (C=O) groups is 1. The van der Waals surface area contributed by atoms with Crippen LogP contribution < -0.4 is 4.99 Å². The molecule has 0 radical (unpaired) electrons. The summed E-state index contributed by atoms with van der Waals surface area (Å²) >= 11 is 0. The highest BCUT2D eigenvalue weighted by atomic mass is 16.4. The lowest BCUT2D eigenvalue weighted by Gasteiger charge is -2.28. The van der Waals surface area contributed by atoms with Crippen LogP contribution in [0.15, 0.2) is 24.3 Å². The minimum Gasteiger partial charge on any atom is -0.481 e. The Morgan fingerprint density at radius 3 is 2.94 bits per heavy atom. The first-order chi connectivity index (χ1) is 8.25. The van der Waals surface area contributed by atoms with Gasteiger partial charge in [-0.3, -0.25) is 4.79 Å². The van der Waals surface area contributed by atoms with E-state index in [0.717, 1.165) is 19.3 Å². The number of benzene rings is 1. The molecule has 88 valence electrons. The van der Waals surface area contributed by atoms with Crippen LogP contribution in [0.25, 0.3) is 0 Å². The number of aliphatic carboxylic acids is 1. The lowest BCUT2D eigenvalue weighted by molar-refractivity contribution is -0.473. The Morgan fingerprint density at radius 1 is 1.29 bits per heavy atom. The van der Waals surface area contributed by atoms with Crippen LogP contribution in [0.1, 0.15) is 29.9 Å². The monoisotopic (exact) mass is 230 g/mol. The number of carboxylic acids is 1. The predicted octanol–water partition coefficient (Wildman–Crippen LogP) is 0.343. The van der Waals surface area contributed by atoms with Crippen LogP contribution in [-0.4, -0.2) is 23.3 Å². The van der Waals surface area contributed by atoms with Gasteiger partial charge in [-0.2, -0.15) is 0 Å². The van der Waals surface area contributed by atoms with Crippen LogP contribution in [0, 0.1) is 5.92 Å². The lowest BCUT2D eigenvalue weighted by atomic mass is 9.75. The molecule has 0 saturated carbocycles. The average molecular weight is 230 g/mol. The fourth-order valence-electron chi connectivity index (χ4n) is 3.02. The molecule has 1 aromatic rings. The van der Waals surface area contributed by atoms with Gasteiger partial charge in [0.15, 0.2) is 12.3 Å². The van der Waals surface area contributed by atoms with Crippen molar-refractivity contribution in [1.29, 1.82) is 0 Å². The molecule has 0 saturated heterocycles. The van der Waals surface area contributed by atoms with Crippen molar-refractivity contribution in [1.82, 2.24) is 0 Å². The maximum Gasteiger partial charge on any atom is 0.312 e. The van der Waals surface area contributed by atoms with Crippen LogP contribution >= 0.6 is 0 Å². The maximum atomic E-state index is 11.1. The average Bonchev–Trinajstić information content (AvgIpc) is 2.38. The molecular weight excluding hydrogens is 214 g/mol. The first kappa shape index (κ1) is 10.5. The van der Waals surface area contributed by atoms with Gasteiger partial charge in [0.1, 0.15) is 5.92 Å². The molecule has 1 heterocycles. The van der Waals surface area contributed by atoms with E-state index in [1.165, 1.54) is 16.8 Å². The van der Waals surface area contributed by atoms with Crippen LogP contribution in [0.3, 0.4) is 0 Å². The van der Waals surface area contributed by atoms with E-state index < -0.39 is 5.97 Å². The Balaban J connectivity index is 1.98. The van der Waals surface area contributed by atoms with Crippen molar-refractivity contribution < 1.29 is 14.9 Å². The Bertz CT molecular complexity index is 493. The van der Waals surface area contributed by atoms with Gasteiger partial charge in [0.2, 0.25) is 0 Å². The molecule has 1 aliphatic carbocycles. The summed E-state index contributed by atoms with van der Waals surface area (Å²) in [5.41, 5.74) is 4.04. The molecule has 3 heteroatoms. The van der Waals surface area contributed by atoms with Crippen LogP contribution in [0.4, 0.5) is 0 Å².